The number of alkyl halides is 3. The Morgan fingerprint density at radius 3 is 2.28 bits per heavy atom. The highest BCUT2D eigenvalue weighted by Crippen LogP contribution is 2.26. The Labute approximate surface area is 102 Å². The number of hydrogen-bond acceptors (Lipinski definition) is 5. The van der Waals surface area contributed by atoms with Gasteiger partial charge in [-0.3, -0.25) is 0 Å². The highest BCUT2D eigenvalue weighted by molar-refractivity contribution is 5.11. The summed E-state index contributed by atoms with van der Waals surface area (Å²) in [5.41, 5.74) is 0.0478. The van der Waals surface area contributed by atoms with Gasteiger partial charge in [-0.2, -0.15) is 13.2 Å². The number of nitrogens with one attached hydrogen (secondary N) is 1. The first-order valence-electron chi connectivity index (χ1n) is 5.26. The summed E-state index contributed by atoms with van der Waals surface area (Å²) in [6, 6.07) is 0. The standard InChI is InChI=1S/C10H14F3N3O2/c1-14-3-2-7(17)8(18)6-4-15-9(16-5-6)10(11,12)13/h4-5,7-8,14,17-18H,2-3H2,1H3. The van der Waals surface area contributed by atoms with Crippen LogP contribution < -0.4 is 5.32 Å². The van der Waals surface area contributed by atoms with Crippen molar-refractivity contribution in [3.05, 3.63) is 23.8 Å². The Bertz CT molecular complexity index is 370. The average molecular weight is 265 g/mol. The van der Waals surface area contributed by atoms with Crippen LogP contribution in [0.5, 0.6) is 0 Å². The van der Waals surface area contributed by atoms with Gasteiger partial charge in [0.05, 0.1) is 6.10 Å². The first-order chi connectivity index (χ1) is 8.36. The molecule has 0 fully saturated rings. The molecule has 2 atom stereocenters. The summed E-state index contributed by atoms with van der Waals surface area (Å²) < 4.78 is 36.6. The normalized spacial score (nSPS) is 15.4. The van der Waals surface area contributed by atoms with E-state index in [-0.39, 0.29) is 12.0 Å². The topological polar surface area (TPSA) is 78.3 Å². The van der Waals surface area contributed by atoms with Gasteiger partial charge in [0.15, 0.2) is 0 Å². The molecule has 8 heteroatoms. The Morgan fingerprint density at radius 1 is 1.28 bits per heavy atom. The van der Waals surface area contributed by atoms with Gasteiger partial charge in [0.1, 0.15) is 6.10 Å². The summed E-state index contributed by atoms with van der Waals surface area (Å²) in [5.74, 6) is -1.27. The Kier molecular flexibility index (Phi) is 5.00. The molecule has 5 nitrogen and oxygen atoms in total. The second-order valence-corrected chi connectivity index (χ2v) is 3.74. The van der Waals surface area contributed by atoms with Crippen molar-refractivity contribution >= 4 is 0 Å². The third kappa shape index (κ3) is 3.90. The number of aliphatic hydroxyl groups excluding tert-OH is 2. The van der Waals surface area contributed by atoms with E-state index >= 15 is 0 Å². The lowest BCUT2D eigenvalue weighted by Gasteiger charge is -2.17. The summed E-state index contributed by atoms with van der Waals surface area (Å²) in [5, 5.41) is 22.0. The molecule has 3 N–H and O–H groups in total. The van der Waals surface area contributed by atoms with Gasteiger partial charge in [-0.25, -0.2) is 9.97 Å². The number of aromatic nitrogens is 2. The predicted molar refractivity (Wildman–Crippen MR) is 56.5 cm³/mol. The van der Waals surface area contributed by atoms with Crippen molar-refractivity contribution in [3.8, 4) is 0 Å². The molecule has 0 radical (unpaired) electrons. The lowest BCUT2D eigenvalue weighted by Crippen LogP contribution is -2.24. The molecule has 1 rings (SSSR count). The van der Waals surface area contributed by atoms with Crippen LogP contribution in [-0.4, -0.2) is 39.9 Å². The highest BCUT2D eigenvalue weighted by atomic mass is 19.4. The smallest absolute Gasteiger partial charge is 0.390 e. The second-order valence-electron chi connectivity index (χ2n) is 3.74. The molecule has 1 aromatic heterocycles. The van der Waals surface area contributed by atoms with E-state index in [0.717, 1.165) is 12.4 Å². The van der Waals surface area contributed by atoms with E-state index in [1.54, 1.807) is 7.05 Å². The summed E-state index contributed by atoms with van der Waals surface area (Å²) >= 11 is 0. The molecule has 0 aliphatic heterocycles. The minimum atomic E-state index is -4.62. The fourth-order valence-corrected chi connectivity index (χ4v) is 1.31. The third-order valence-corrected chi connectivity index (χ3v) is 2.32. The van der Waals surface area contributed by atoms with Crippen molar-refractivity contribution < 1.29 is 23.4 Å². The molecule has 102 valence electrons. The van der Waals surface area contributed by atoms with Crippen LogP contribution in [-0.2, 0) is 6.18 Å². The van der Waals surface area contributed by atoms with Gasteiger partial charge in [-0.05, 0) is 20.0 Å². The van der Waals surface area contributed by atoms with E-state index in [1.807, 2.05) is 0 Å². The monoisotopic (exact) mass is 265 g/mol. The minimum Gasteiger partial charge on any atom is -0.390 e. The van der Waals surface area contributed by atoms with Crippen molar-refractivity contribution in [2.75, 3.05) is 13.6 Å². The maximum Gasteiger partial charge on any atom is 0.451 e. The molecular weight excluding hydrogens is 251 g/mol. The van der Waals surface area contributed by atoms with Gasteiger partial charge in [0, 0.05) is 18.0 Å². The van der Waals surface area contributed by atoms with Gasteiger partial charge in [0.2, 0.25) is 5.82 Å². The van der Waals surface area contributed by atoms with Crippen molar-refractivity contribution in [2.45, 2.75) is 24.8 Å². The molecule has 2 unspecified atom stereocenters. The average Bonchev–Trinajstić information content (AvgIpc) is 2.34. The van der Waals surface area contributed by atoms with Crippen LogP contribution in [0.2, 0.25) is 0 Å². The molecule has 0 bridgehead atoms. The van der Waals surface area contributed by atoms with E-state index in [4.69, 9.17) is 0 Å². The molecule has 0 aromatic carbocycles. The quantitative estimate of drug-likeness (QED) is 0.722. The molecule has 1 aromatic rings. The van der Waals surface area contributed by atoms with Crippen LogP contribution >= 0.6 is 0 Å². The third-order valence-electron chi connectivity index (χ3n) is 2.32. The fraction of sp³-hybridized carbons (Fsp3) is 0.600. The Hall–Kier alpha value is -1.25. The van der Waals surface area contributed by atoms with E-state index in [2.05, 4.69) is 15.3 Å². The fourth-order valence-electron chi connectivity index (χ4n) is 1.31. The van der Waals surface area contributed by atoms with E-state index in [0.29, 0.717) is 6.54 Å². The molecule has 18 heavy (non-hydrogen) atoms. The van der Waals surface area contributed by atoms with Gasteiger partial charge in [-0.1, -0.05) is 0 Å². The van der Waals surface area contributed by atoms with Crippen molar-refractivity contribution in [1.82, 2.24) is 15.3 Å². The number of hydrogen-bond donors (Lipinski definition) is 3. The number of halogens is 3. The van der Waals surface area contributed by atoms with Gasteiger partial charge in [-0.15, -0.1) is 0 Å². The zero-order valence-corrected chi connectivity index (χ0v) is 9.65. The first-order valence-corrected chi connectivity index (χ1v) is 5.26. The summed E-state index contributed by atoms with van der Waals surface area (Å²) in [6.45, 7) is 0.472. The lowest BCUT2D eigenvalue weighted by atomic mass is 10.1. The predicted octanol–water partition coefficient (Wildman–Crippen LogP) is 0.499. The van der Waals surface area contributed by atoms with Crippen LogP contribution in [0.1, 0.15) is 23.9 Å². The molecule has 0 amide bonds. The zero-order chi connectivity index (χ0) is 13.8. The van der Waals surface area contributed by atoms with Gasteiger partial charge < -0.3 is 15.5 Å². The molecule has 1 heterocycles. The maximum atomic E-state index is 12.2. The van der Waals surface area contributed by atoms with Crippen LogP contribution in [0, 0.1) is 0 Å². The highest BCUT2D eigenvalue weighted by Gasteiger charge is 2.34. The van der Waals surface area contributed by atoms with Gasteiger partial charge in [0.25, 0.3) is 0 Å². The molecular formula is C10H14F3N3O2. The summed E-state index contributed by atoms with van der Waals surface area (Å²) in [6.07, 6.45) is -5.02. The minimum absolute atomic E-state index is 0.0478. The van der Waals surface area contributed by atoms with Crippen LogP contribution in [0.4, 0.5) is 13.2 Å². The Balaban J connectivity index is 2.72. The zero-order valence-electron chi connectivity index (χ0n) is 9.65. The number of nitrogens with zero attached hydrogens (tertiary/aromatic N) is 2. The van der Waals surface area contributed by atoms with E-state index in [1.165, 1.54) is 0 Å². The van der Waals surface area contributed by atoms with Crippen LogP contribution in [0.25, 0.3) is 0 Å². The molecule has 0 aliphatic carbocycles. The largest absolute Gasteiger partial charge is 0.451 e. The lowest BCUT2D eigenvalue weighted by molar-refractivity contribution is -0.145. The molecule has 0 saturated carbocycles. The van der Waals surface area contributed by atoms with Crippen LogP contribution in [0.3, 0.4) is 0 Å². The van der Waals surface area contributed by atoms with Crippen molar-refractivity contribution in [3.63, 3.8) is 0 Å². The van der Waals surface area contributed by atoms with Crippen molar-refractivity contribution in [2.24, 2.45) is 0 Å². The summed E-state index contributed by atoms with van der Waals surface area (Å²) in [4.78, 5) is 6.22. The molecule has 0 spiro atoms. The maximum absolute atomic E-state index is 12.2. The number of rotatable bonds is 5. The van der Waals surface area contributed by atoms with Crippen LogP contribution in [0.15, 0.2) is 12.4 Å². The second kappa shape index (κ2) is 6.07. The summed E-state index contributed by atoms with van der Waals surface area (Å²) in [7, 11) is 1.68. The van der Waals surface area contributed by atoms with E-state index < -0.39 is 24.2 Å². The number of aliphatic hydroxyl groups is 2. The molecule has 0 saturated heterocycles. The van der Waals surface area contributed by atoms with E-state index in [9.17, 15) is 23.4 Å². The van der Waals surface area contributed by atoms with Crippen molar-refractivity contribution in [1.29, 1.82) is 0 Å². The SMILES string of the molecule is CNCCC(O)C(O)c1cnc(C(F)(F)F)nc1. The molecule has 0 aliphatic rings. The Morgan fingerprint density at radius 2 is 1.83 bits per heavy atom. The van der Waals surface area contributed by atoms with Gasteiger partial charge >= 0.3 is 6.18 Å². The first kappa shape index (κ1) is 14.8.